The second-order valence-corrected chi connectivity index (χ2v) is 7.56. The van der Waals surface area contributed by atoms with Crippen LogP contribution in [0.2, 0.25) is 0 Å². The smallest absolute Gasteiger partial charge is 0.337 e. The maximum Gasteiger partial charge on any atom is 0.337 e. The third kappa shape index (κ3) is 6.44. The van der Waals surface area contributed by atoms with Crippen molar-refractivity contribution in [2.45, 2.75) is 18.9 Å². The predicted molar refractivity (Wildman–Crippen MR) is 115 cm³/mol. The SMILES string of the molecule is COC(=O)c1ccc(OC[C@H](O)CN2CCC(C(=O)Nc3ccccc3O)CC2)cc1. The molecule has 1 aliphatic heterocycles. The minimum Gasteiger partial charge on any atom is -0.506 e. The Balaban J connectivity index is 1.38. The normalized spacial score (nSPS) is 15.8. The van der Waals surface area contributed by atoms with Gasteiger partial charge in [0.2, 0.25) is 5.91 Å². The number of phenolic OH excluding ortho intramolecular Hbond substituents is 1. The van der Waals surface area contributed by atoms with Crippen molar-refractivity contribution in [1.82, 2.24) is 4.90 Å². The van der Waals surface area contributed by atoms with Gasteiger partial charge in [-0.25, -0.2) is 4.79 Å². The first-order valence-corrected chi connectivity index (χ1v) is 10.3. The third-order valence-electron chi connectivity index (χ3n) is 5.31. The van der Waals surface area contributed by atoms with Gasteiger partial charge in [0.05, 0.1) is 18.4 Å². The summed E-state index contributed by atoms with van der Waals surface area (Å²) in [6.07, 6.45) is 0.691. The first kappa shape index (κ1) is 22.6. The number of rotatable bonds is 8. The second-order valence-electron chi connectivity index (χ2n) is 7.56. The number of anilines is 1. The number of esters is 1. The standard InChI is InChI=1S/C23H28N2O6/c1-30-23(29)17-6-8-19(9-7-17)31-15-18(26)14-25-12-10-16(11-13-25)22(28)24-20-4-2-3-5-21(20)27/h2-9,16,18,26-27H,10-15H2,1H3,(H,24,28)/t18-/m1/s1. The Kier molecular flexibility index (Phi) is 7.86. The van der Waals surface area contributed by atoms with Crippen LogP contribution in [0.4, 0.5) is 5.69 Å². The molecule has 1 amide bonds. The van der Waals surface area contributed by atoms with E-state index in [1.54, 1.807) is 42.5 Å². The Bertz CT molecular complexity index is 878. The Morgan fingerprint density at radius 1 is 1.13 bits per heavy atom. The highest BCUT2D eigenvalue weighted by molar-refractivity contribution is 5.94. The minimum absolute atomic E-state index is 0.0522. The number of carbonyl (C=O) groups excluding carboxylic acids is 2. The monoisotopic (exact) mass is 428 g/mol. The summed E-state index contributed by atoms with van der Waals surface area (Å²) in [5, 5.41) is 22.9. The van der Waals surface area contributed by atoms with Crippen LogP contribution in [0.5, 0.6) is 11.5 Å². The molecule has 2 aromatic rings. The van der Waals surface area contributed by atoms with Gasteiger partial charge in [-0.2, -0.15) is 0 Å². The second kappa shape index (κ2) is 10.8. The van der Waals surface area contributed by atoms with E-state index in [0.29, 0.717) is 49.5 Å². The number of amides is 1. The first-order chi connectivity index (χ1) is 15.0. The van der Waals surface area contributed by atoms with E-state index in [1.165, 1.54) is 13.2 Å². The quantitative estimate of drug-likeness (QED) is 0.437. The average molecular weight is 428 g/mol. The highest BCUT2D eigenvalue weighted by atomic mass is 16.5. The molecule has 0 spiro atoms. The Morgan fingerprint density at radius 2 is 1.81 bits per heavy atom. The van der Waals surface area contributed by atoms with Crippen molar-refractivity contribution in [3.05, 3.63) is 54.1 Å². The van der Waals surface area contributed by atoms with E-state index in [9.17, 15) is 19.8 Å². The lowest BCUT2D eigenvalue weighted by molar-refractivity contribution is -0.121. The number of aliphatic hydroxyl groups is 1. The zero-order valence-electron chi connectivity index (χ0n) is 17.5. The Hall–Kier alpha value is -3.10. The molecule has 3 N–H and O–H groups in total. The summed E-state index contributed by atoms with van der Waals surface area (Å²) < 4.78 is 10.3. The number of likely N-dealkylation sites (tertiary alicyclic amines) is 1. The highest BCUT2D eigenvalue weighted by Crippen LogP contribution is 2.25. The molecule has 1 atom stereocenters. The molecule has 2 aromatic carbocycles. The van der Waals surface area contributed by atoms with Crippen molar-refractivity contribution < 1.29 is 29.3 Å². The number of β-amino-alcohol motifs (C(OH)–C–C–N with tert-alkyl or cyclic N) is 1. The van der Waals surface area contributed by atoms with Crippen LogP contribution in [0.1, 0.15) is 23.2 Å². The van der Waals surface area contributed by atoms with Gasteiger partial charge in [0, 0.05) is 12.5 Å². The van der Waals surface area contributed by atoms with Crippen LogP contribution in [0.3, 0.4) is 0 Å². The van der Waals surface area contributed by atoms with E-state index >= 15 is 0 Å². The number of aliphatic hydroxyl groups excluding tert-OH is 1. The van der Waals surface area contributed by atoms with Crippen LogP contribution in [0.15, 0.2) is 48.5 Å². The molecule has 0 aliphatic carbocycles. The summed E-state index contributed by atoms with van der Waals surface area (Å²) >= 11 is 0. The summed E-state index contributed by atoms with van der Waals surface area (Å²) in [4.78, 5) is 26.0. The maximum absolute atomic E-state index is 12.5. The lowest BCUT2D eigenvalue weighted by atomic mass is 9.95. The molecule has 8 heteroatoms. The topological polar surface area (TPSA) is 108 Å². The molecule has 0 saturated carbocycles. The van der Waals surface area contributed by atoms with Crippen molar-refractivity contribution >= 4 is 17.6 Å². The summed E-state index contributed by atoms with van der Waals surface area (Å²) in [5.74, 6) is -0.0233. The number of carbonyl (C=O) groups is 2. The molecule has 0 aromatic heterocycles. The number of nitrogens with zero attached hydrogens (tertiary/aromatic N) is 1. The number of aromatic hydroxyl groups is 1. The van der Waals surface area contributed by atoms with Crippen molar-refractivity contribution in [2.24, 2.45) is 5.92 Å². The number of methoxy groups -OCH3 is 1. The lowest BCUT2D eigenvalue weighted by Gasteiger charge is -2.32. The van der Waals surface area contributed by atoms with Crippen LogP contribution in [-0.2, 0) is 9.53 Å². The lowest BCUT2D eigenvalue weighted by Crippen LogP contribution is -2.42. The fraction of sp³-hybridized carbons (Fsp3) is 0.391. The number of benzene rings is 2. The van der Waals surface area contributed by atoms with E-state index in [4.69, 9.17) is 4.74 Å². The zero-order valence-corrected chi connectivity index (χ0v) is 17.5. The van der Waals surface area contributed by atoms with Gasteiger partial charge in [-0.1, -0.05) is 12.1 Å². The van der Waals surface area contributed by atoms with Gasteiger partial charge >= 0.3 is 5.97 Å². The fourth-order valence-corrected chi connectivity index (χ4v) is 3.54. The number of phenols is 1. The molecule has 1 fully saturated rings. The summed E-state index contributed by atoms with van der Waals surface area (Å²) in [6, 6.07) is 13.2. The molecule has 3 rings (SSSR count). The van der Waals surface area contributed by atoms with E-state index in [1.807, 2.05) is 0 Å². The molecule has 0 unspecified atom stereocenters. The largest absolute Gasteiger partial charge is 0.506 e. The molecule has 166 valence electrons. The molecule has 1 saturated heterocycles. The number of hydrogen-bond acceptors (Lipinski definition) is 7. The Morgan fingerprint density at radius 3 is 2.45 bits per heavy atom. The molecule has 1 aliphatic rings. The van der Waals surface area contributed by atoms with Crippen molar-refractivity contribution in [2.75, 3.05) is 38.7 Å². The zero-order chi connectivity index (χ0) is 22.2. The van der Waals surface area contributed by atoms with E-state index in [-0.39, 0.29) is 24.2 Å². The van der Waals surface area contributed by atoms with Crippen LogP contribution in [-0.4, -0.2) is 66.4 Å². The van der Waals surface area contributed by atoms with Crippen molar-refractivity contribution in [3.8, 4) is 11.5 Å². The van der Waals surface area contributed by atoms with Gasteiger partial charge < -0.3 is 29.9 Å². The van der Waals surface area contributed by atoms with Crippen LogP contribution >= 0.6 is 0 Å². The van der Waals surface area contributed by atoms with Gasteiger partial charge in [0.1, 0.15) is 24.2 Å². The maximum atomic E-state index is 12.5. The Labute approximate surface area is 181 Å². The average Bonchev–Trinajstić information content (AvgIpc) is 2.79. The summed E-state index contributed by atoms with van der Waals surface area (Å²) in [7, 11) is 1.33. The van der Waals surface area contributed by atoms with Gasteiger partial charge in [0.15, 0.2) is 0 Å². The van der Waals surface area contributed by atoms with E-state index in [0.717, 1.165) is 0 Å². The molecular weight excluding hydrogens is 400 g/mol. The molecular formula is C23H28N2O6. The predicted octanol–water partition coefficient (Wildman–Crippen LogP) is 2.27. The highest BCUT2D eigenvalue weighted by Gasteiger charge is 2.26. The summed E-state index contributed by atoms with van der Waals surface area (Å²) in [5.41, 5.74) is 0.854. The van der Waals surface area contributed by atoms with E-state index < -0.39 is 12.1 Å². The number of piperidine rings is 1. The molecule has 1 heterocycles. The van der Waals surface area contributed by atoms with Gasteiger partial charge in [-0.05, 0) is 62.3 Å². The van der Waals surface area contributed by atoms with Gasteiger partial charge in [-0.15, -0.1) is 0 Å². The van der Waals surface area contributed by atoms with Crippen LogP contribution in [0.25, 0.3) is 0 Å². The van der Waals surface area contributed by atoms with Gasteiger partial charge in [-0.3, -0.25) is 4.79 Å². The molecule has 0 bridgehead atoms. The number of hydrogen-bond donors (Lipinski definition) is 3. The third-order valence-corrected chi connectivity index (χ3v) is 5.31. The van der Waals surface area contributed by atoms with Gasteiger partial charge in [0.25, 0.3) is 0 Å². The summed E-state index contributed by atoms with van der Waals surface area (Å²) in [6.45, 7) is 1.98. The number of nitrogens with one attached hydrogen (secondary N) is 1. The van der Waals surface area contributed by atoms with Crippen molar-refractivity contribution in [3.63, 3.8) is 0 Å². The number of para-hydroxylation sites is 2. The minimum atomic E-state index is -0.674. The molecule has 8 nitrogen and oxygen atoms in total. The van der Waals surface area contributed by atoms with Crippen molar-refractivity contribution in [1.29, 1.82) is 0 Å². The fourth-order valence-electron chi connectivity index (χ4n) is 3.54. The van der Waals surface area contributed by atoms with Crippen LogP contribution in [0, 0.1) is 5.92 Å². The van der Waals surface area contributed by atoms with E-state index in [2.05, 4.69) is 15.0 Å². The first-order valence-electron chi connectivity index (χ1n) is 10.3. The molecule has 0 radical (unpaired) electrons. The van der Waals surface area contributed by atoms with Crippen LogP contribution < -0.4 is 10.1 Å². The number of ether oxygens (including phenoxy) is 2. The molecule has 31 heavy (non-hydrogen) atoms.